The van der Waals surface area contributed by atoms with Crippen LogP contribution in [-0.2, 0) is 11.3 Å². The minimum atomic E-state index is -0.793. The van der Waals surface area contributed by atoms with Crippen LogP contribution in [0, 0.1) is 0 Å². The van der Waals surface area contributed by atoms with Gasteiger partial charge in [-0.25, -0.2) is 0 Å². The first-order valence-electron chi connectivity index (χ1n) is 2.18. The highest BCUT2D eigenvalue weighted by Gasteiger charge is 2.11. The standard InChI is InChI=1S/C3H5N5S/c4-9(5)3-1-2-6-8-7-3/h1-2H,(H3,4,5)/p+1. The fourth-order valence-electron chi connectivity index (χ4n) is 0.356. The summed E-state index contributed by atoms with van der Waals surface area (Å²) >= 11 is -0.793. The highest BCUT2D eigenvalue weighted by atomic mass is 32.2. The fourth-order valence-corrected chi connectivity index (χ4v) is 0.705. The van der Waals surface area contributed by atoms with Crippen LogP contribution in [-0.4, -0.2) is 15.4 Å². The van der Waals surface area contributed by atoms with Crippen LogP contribution in [0.25, 0.3) is 0 Å². The molecular formula is C3H6N5S+. The van der Waals surface area contributed by atoms with E-state index in [1.807, 2.05) is 0 Å². The van der Waals surface area contributed by atoms with Gasteiger partial charge in [0.05, 0.1) is 6.20 Å². The highest BCUT2D eigenvalue weighted by molar-refractivity contribution is 7.92. The Morgan fingerprint density at radius 3 is 2.56 bits per heavy atom. The first kappa shape index (κ1) is 6.40. The molecule has 9 heavy (non-hydrogen) atoms. The van der Waals surface area contributed by atoms with Gasteiger partial charge in [-0.1, -0.05) is 5.10 Å². The van der Waals surface area contributed by atoms with E-state index in [0.717, 1.165) is 0 Å². The Balaban J connectivity index is 2.85. The SMILES string of the molecule is N[S+](N)c1ccnnn1. The molecule has 1 aromatic heterocycles. The zero-order chi connectivity index (χ0) is 6.69. The maximum atomic E-state index is 5.29. The third-order valence-electron chi connectivity index (χ3n) is 0.720. The summed E-state index contributed by atoms with van der Waals surface area (Å²) in [5.41, 5.74) is 0. The van der Waals surface area contributed by atoms with Gasteiger partial charge in [-0.05, 0) is 5.21 Å². The minimum Gasteiger partial charge on any atom is -0.138 e. The van der Waals surface area contributed by atoms with E-state index in [1.54, 1.807) is 6.07 Å². The van der Waals surface area contributed by atoms with Gasteiger partial charge in [0.25, 0.3) is 0 Å². The molecule has 1 aromatic rings. The van der Waals surface area contributed by atoms with Gasteiger partial charge in [-0.15, -0.1) is 15.4 Å². The van der Waals surface area contributed by atoms with E-state index in [-0.39, 0.29) is 0 Å². The lowest BCUT2D eigenvalue weighted by Gasteiger charge is -1.86. The number of nitrogens with zero attached hydrogens (tertiary/aromatic N) is 3. The molecule has 1 rings (SSSR count). The summed E-state index contributed by atoms with van der Waals surface area (Å²) in [6.45, 7) is 0. The Morgan fingerprint density at radius 2 is 2.22 bits per heavy atom. The molecule has 0 amide bonds. The monoisotopic (exact) mass is 144 g/mol. The zero-order valence-corrected chi connectivity index (χ0v) is 5.38. The second-order valence-electron chi connectivity index (χ2n) is 1.33. The Kier molecular flexibility index (Phi) is 1.93. The second kappa shape index (κ2) is 2.72. The Morgan fingerprint density at radius 1 is 1.44 bits per heavy atom. The number of aromatic nitrogens is 3. The average molecular weight is 144 g/mol. The van der Waals surface area contributed by atoms with E-state index in [1.165, 1.54) is 6.20 Å². The number of nitrogens with two attached hydrogens (primary N) is 2. The highest BCUT2D eigenvalue weighted by Crippen LogP contribution is 1.92. The van der Waals surface area contributed by atoms with Gasteiger partial charge >= 0.3 is 5.03 Å². The van der Waals surface area contributed by atoms with E-state index < -0.39 is 11.3 Å². The average Bonchev–Trinajstić information content (AvgIpc) is 1.90. The van der Waals surface area contributed by atoms with Crippen molar-refractivity contribution in [3.8, 4) is 0 Å². The molecule has 0 bridgehead atoms. The summed E-state index contributed by atoms with van der Waals surface area (Å²) in [5.74, 6) is 0. The molecule has 0 aromatic carbocycles. The number of hydrogen-bond donors (Lipinski definition) is 2. The molecule has 0 aliphatic carbocycles. The van der Waals surface area contributed by atoms with E-state index in [2.05, 4.69) is 15.4 Å². The van der Waals surface area contributed by atoms with Crippen molar-refractivity contribution in [1.82, 2.24) is 15.4 Å². The summed E-state index contributed by atoms with van der Waals surface area (Å²) in [6.07, 6.45) is 1.50. The fraction of sp³-hybridized carbons (Fsp3) is 0. The number of rotatable bonds is 1. The van der Waals surface area contributed by atoms with Crippen LogP contribution in [0.5, 0.6) is 0 Å². The summed E-state index contributed by atoms with van der Waals surface area (Å²) in [5, 5.41) is 21.5. The van der Waals surface area contributed by atoms with Crippen LogP contribution >= 0.6 is 0 Å². The first-order valence-corrected chi connectivity index (χ1v) is 3.53. The summed E-state index contributed by atoms with van der Waals surface area (Å²) < 4.78 is 0. The Labute approximate surface area is 55.1 Å². The lowest BCUT2D eigenvalue weighted by Crippen LogP contribution is -2.24. The van der Waals surface area contributed by atoms with Crippen molar-refractivity contribution >= 4 is 11.3 Å². The van der Waals surface area contributed by atoms with E-state index >= 15 is 0 Å². The molecule has 4 N–H and O–H groups in total. The van der Waals surface area contributed by atoms with Crippen LogP contribution in [0.1, 0.15) is 0 Å². The van der Waals surface area contributed by atoms with Crippen molar-refractivity contribution in [2.75, 3.05) is 0 Å². The van der Waals surface area contributed by atoms with Gasteiger partial charge in [0.15, 0.2) is 0 Å². The van der Waals surface area contributed by atoms with Gasteiger partial charge in [0, 0.05) is 6.07 Å². The van der Waals surface area contributed by atoms with Crippen molar-refractivity contribution in [2.45, 2.75) is 5.03 Å². The largest absolute Gasteiger partial charge is 0.310 e. The predicted molar refractivity (Wildman–Crippen MR) is 33.8 cm³/mol. The van der Waals surface area contributed by atoms with Crippen LogP contribution < -0.4 is 10.3 Å². The van der Waals surface area contributed by atoms with Crippen molar-refractivity contribution < 1.29 is 0 Å². The lowest BCUT2D eigenvalue weighted by atomic mass is 10.7. The van der Waals surface area contributed by atoms with Crippen LogP contribution in [0.4, 0.5) is 0 Å². The maximum absolute atomic E-state index is 5.29. The van der Waals surface area contributed by atoms with Crippen LogP contribution in [0.2, 0.25) is 0 Å². The van der Waals surface area contributed by atoms with E-state index in [4.69, 9.17) is 10.3 Å². The molecule has 5 nitrogen and oxygen atoms in total. The first-order chi connectivity index (χ1) is 4.30. The molecule has 0 aliphatic heterocycles. The van der Waals surface area contributed by atoms with Gasteiger partial charge in [-0.2, -0.15) is 0 Å². The zero-order valence-electron chi connectivity index (χ0n) is 4.56. The maximum Gasteiger partial charge on any atom is 0.310 e. The van der Waals surface area contributed by atoms with Crippen LogP contribution in [0.15, 0.2) is 17.3 Å². The van der Waals surface area contributed by atoms with Crippen molar-refractivity contribution in [3.63, 3.8) is 0 Å². The summed E-state index contributed by atoms with van der Waals surface area (Å²) in [4.78, 5) is 0. The van der Waals surface area contributed by atoms with Gasteiger partial charge in [0.2, 0.25) is 11.3 Å². The van der Waals surface area contributed by atoms with Crippen molar-refractivity contribution in [1.29, 1.82) is 0 Å². The minimum absolute atomic E-state index is 0.574. The molecule has 0 fully saturated rings. The van der Waals surface area contributed by atoms with E-state index in [9.17, 15) is 0 Å². The quantitative estimate of drug-likeness (QED) is 0.473. The smallest absolute Gasteiger partial charge is 0.138 e. The van der Waals surface area contributed by atoms with Gasteiger partial charge in [-0.3, -0.25) is 0 Å². The molecule has 0 radical (unpaired) electrons. The predicted octanol–water partition coefficient (Wildman–Crippen LogP) is -1.40. The summed E-state index contributed by atoms with van der Waals surface area (Å²) in [7, 11) is 0. The van der Waals surface area contributed by atoms with Crippen molar-refractivity contribution in [3.05, 3.63) is 12.3 Å². The number of hydrogen-bond acceptors (Lipinski definition) is 5. The molecule has 0 saturated carbocycles. The molecule has 48 valence electrons. The third-order valence-corrected chi connectivity index (χ3v) is 1.42. The van der Waals surface area contributed by atoms with E-state index in [0.29, 0.717) is 5.03 Å². The second-order valence-corrected chi connectivity index (χ2v) is 2.49. The third kappa shape index (κ3) is 1.60. The molecule has 0 atom stereocenters. The van der Waals surface area contributed by atoms with Gasteiger partial charge < -0.3 is 0 Å². The Hall–Kier alpha value is -0.720. The molecule has 0 spiro atoms. The normalized spacial score (nSPS) is 10.1. The van der Waals surface area contributed by atoms with Gasteiger partial charge in [0.1, 0.15) is 0 Å². The molecular weight excluding hydrogens is 138 g/mol. The molecule has 1 heterocycles. The molecule has 0 saturated heterocycles. The molecule has 0 unspecified atom stereocenters. The Bertz CT molecular complexity index is 175. The lowest BCUT2D eigenvalue weighted by molar-refractivity contribution is 0.801. The topological polar surface area (TPSA) is 90.7 Å². The molecule has 6 heteroatoms. The summed E-state index contributed by atoms with van der Waals surface area (Å²) in [6, 6.07) is 1.64. The van der Waals surface area contributed by atoms with Crippen LogP contribution in [0.3, 0.4) is 0 Å². The van der Waals surface area contributed by atoms with Crippen molar-refractivity contribution in [2.24, 2.45) is 10.3 Å². The molecule has 0 aliphatic rings.